The third-order valence-electron chi connectivity index (χ3n) is 9.89. The number of hydrogen-bond acceptors (Lipinski definition) is 1. The van der Waals surface area contributed by atoms with Gasteiger partial charge in [0, 0.05) is 11.1 Å². The van der Waals surface area contributed by atoms with Crippen molar-refractivity contribution in [1.82, 2.24) is 0 Å². The standard InChI is InChI=1S/C40H47F3O/c1-3-5-7-9-28-10-12-29(13-11-28)30-14-18-32(19-15-30)35-23-22-34(27-37(35)41)31-16-20-33(21-17-31)36-24-25-38(40(43)39(36)42)44-26-8-6-4-2/h4,6,16-18,20-25,27-30H,3,5,7-15,19,26H2,1-2H3. The Bertz CT molecular complexity index is 1430. The van der Waals surface area contributed by atoms with Crippen molar-refractivity contribution in [2.75, 3.05) is 6.61 Å². The fourth-order valence-electron chi connectivity index (χ4n) is 7.23. The summed E-state index contributed by atoms with van der Waals surface area (Å²) in [5.74, 6) is 0.281. The minimum atomic E-state index is -0.988. The molecule has 1 saturated carbocycles. The molecule has 1 atom stereocenters. The molecule has 3 aromatic carbocycles. The van der Waals surface area contributed by atoms with Crippen molar-refractivity contribution in [3.05, 3.63) is 95.8 Å². The highest BCUT2D eigenvalue weighted by molar-refractivity contribution is 5.74. The van der Waals surface area contributed by atoms with E-state index in [0.717, 1.165) is 53.7 Å². The summed E-state index contributed by atoms with van der Waals surface area (Å²) in [4.78, 5) is 0. The van der Waals surface area contributed by atoms with E-state index in [2.05, 4.69) is 13.0 Å². The van der Waals surface area contributed by atoms with Gasteiger partial charge in [-0.15, -0.1) is 0 Å². The lowest BCUT2D eigenvalue weighted by molar-refractivity contribution is 0.187. The molecule has 234 valence electrons. The molecule has 0 spiro atoms. The first kappa shape index (κ1) is 32.1. The molecule has 0 saturated heterocycles. The molecule has 44 heavy (non-hydrogen) atoms. The highest BCUT2D eigenvalue weighted by Gasteiger charge is 2.29. The molecule has 0 N–H and O–H groups in total. The molecule has 2 aliphatic carbocycles. The second kappa shape index (κ2) is 15.6. The van der Waals surface area contributed by atoms with Crippen LogP contribution in [0.15, 0.2) is 72.8 Å². The molecular formula is C40H47F3O. The van der Waals surface area contributed by atoms with E-state index in [1.54, 1.807) is 18.2 Å². The van der Waals surface area contributed by atoms with Crippen molar-refractivity contribution in [3.63, 3.8) is 0 Å². The van der Waals surface area contributed by atoms with Crippen LogP contribution in [0, 0.1) is 35.2 Å². The number of hydrogen-bond donors (Lipinski definition) is 0. The Kier molecular flexibility index (Phi) is 11.4. The zero-order chi connectivity index (χ0) is 30.9. The van der Waals surface area contributed by atoms with Crippen LogP contribution >= 0.6 is 0 Å². The van der Waals surface area contributed by atoms with E-state index in [0.29, 0.717) is 17.5 Å². The summed E-state index contributed by atoms with van der Waals surface area (Å²) < 4.78 is 50.3. The number of ether oxygens (including phenoxy) is 1. The molecule has 1 unspecified atom stereocenters. The highest BCUT2D eigenvalue weighted by atomic mass is 19.2. The van der Waals surface area contributed by atoms with Gasteiger partial charge in [-0.3, -0.25) is 0 Å². The fourth-order valence-corrected chi connectivity index (χ4v) is 7.23. The average Bonchev–Trinajstić information content (AvgIpc) is 3.06. The lowest BCUT2D eigenvalue weighted by Crippen LogP contribution is -2.23. The Morgan fingerprint density at radius 1 is 0.773 bits per heavy atom. The summed E-state index contributed by atoms with van der Waals surface area (Å²) >= 11 is 0. The van der Waals surface area contributed by atoms with Crippen molar-refractivity contribution in [3.8, 4) is 28.0 Å². The van der Waals surface area contributed by atoms with E-state index < -0.39 is 11.6 Å². The maximum atomic E-state index is 15.4. The highest BCUT2D eigenvalue weighted by Crippen LogP contribution is 2.43. The summed E-state index contributed by atoms with van der Waals surface area (Å²) in [7, 11) is 0. The van der Waals surface area contributed by atoms with Crippen LogP contribution in [0.25, 0.3) is 27.8 Å². The van der Waals surface area contributed by atoms with E-state index in [-0.39, 0.29) is 23.7 Å². The van der Waals surface area contributed by atoms with Crippen LogP contribution < -0.4 is 4.74 Å². The molecule has 0 bridgehead atoms. The van der Waals surface area contributed by atoms with Crippen LogP contribution in [0.4, 0.5) is 13.2 Å². The predicted molar refractivity (Wildman–Crippen MR) is 177 cm³/mol. The largest absolute Gasteiger partial charge is 0.490 e. The van der Waals surface area contributed by atoms with Gasteiger partial charge >= 0.3 is 0 Å². The van der Waals surface area contributed by atoms with E-state index >= 15 is 4.39 Å². The van der Waals surface area contributed by atoms with Gasteiger partial charge in [0.25, 0.3) is 0 Å². The summed E-state index contributed by atoms with van der Waals surface area (Å²) in [5, 5.41) is 0. The summed E-state index contributed by atoms with van der Waals surface area (Å²) in [6, 6.07) is 15.6. The summed E-state index contributed by atoms with van der Waals surface area (Å²) in [6.07, 6.45) is 20.9. The topological polar surface area (TPSA) is 9.23 Å². The maximum absolute atomic E-state index is 15.4. The Morgan fingerprint density at radius 2 is 1.50 bits per heavy atom. The molecule has 0 aliphatic heterocycles. The van der Waals surface area contributed by atoms with Crippen molar-refractivity contribution >= 4 is 5.57 Å². The van der Waals surface area contributed by atoms with Gasteiger partial charge in [0.15, 0.2) is 11.6 Å². The van der Waals surface area contributed by atoms with Gasteiger partial charge in [-0.2, -0.15) is 4.39 Å². The normalized spacial score (nSPS) is 20.6. The number of rotatable bonds is 12. The van der Waals surface area contributed by atoms with Gasteiger partial charge in [-0.25, -0.2) is 8.78 Å². The van der Waals surface area contributed by atoms with Crippen molar-refractivity contribution < 1.29 is 17.9 Å². The molecule has 5 rings (SSSR count). The molecule has 0 amide bonds. The maximum Gasteiger partial charge on any atom is 0.201 e. The van der Waals surface area contributed by atoms with Crippen LogP contribution in [0.2, 0.25) is 0 Å². The van der Waals surface area contributed by atoms with E-state index in [4.69, 9.17) is 4.74 Å². The SMILES string of the molecule is CC=CCCOc1ccc(-c2ccc(-c3ccc(C4=CCC(C5CCC(CCCCC)CC5)CC4)c(F)c3)cc2)c(F)c1F. The van der Waals surface area contributed by atoms with Gasteiger partial charge in [-0.1, -0.05) is 100 Å². The van der Waals surface area contributed by atoms with E-state index in [9.17, 15) is 8.78 Å². The third kappa shape index (κ3) is 7.86. The third-order valence-corrected chi connectivity index (χ3v) is 9.89. The number of allylic oxidation sites excluding steroid dienone is 3. The predicted octanol–water partition coefficient (Wildman–Crippen LogP) is 12.4. The lowest BCUT2D eigenvalue weighted by Gasteiger charge is -2.35. The molecule has 2 aliphatic rings. The first-order valence-electron chi connectivity index (χ1n) is 16.8. The quantitative estimate of drug-likeness (QED) is 0.148. The smallest absolute Gasteiger partial charge is 0.201 e. The molecule has 0 heterocycles. The van der Waals surface area contributed by atoms with Crippen LogP contribution in [0.1, 0.15) is 96.5 Å². The van der Waals surface area contributed by atoms with Gasteiger partial charge in [-0.05, 0) is 104 Å². The summed E-state index contributed by atoms with van der Waals surface area (Å²) in [6.45, 7) is 4.46. The fraction of sp³-hybridized carbons (Fsp3) is 0.450. The minimum Gasteiger partial charge on any atom is -0.490 e. The molecular weight excluding hydrogens is 553 g/mol. The molecule has 4 heteroatoms. The molecule has 0 radical (unpaired) electrons. The molecule has 0 aromatic heterocycles. The minimum absolute atomic E-state index is 0.0909. The van der Waals surface area contributed by atoms with Crippen molar-refractivity contribution in [1.29, 1.82) is 0 Å². The number of benzene rings is 3. The Morgan fingerprint density at radius 3 is 2.18 bits per heavy atom. The molecule has 1 fully saturated rings. The Balaban J connectivity index is 1.19. The van der Waals surface area contributed by atoms with Crippen LogP contribution in [0.3, 0.4) is 0 Å². The number of halogens is 3. The summed E-state index contributed by atoms with van der Waals surface area (Å²) in [5.41, 5.74) is 4.13. The first-order valence-corrected chi connectivity index (χ1v) is 16.8. The lowest BCUT2D eigenvalue weighted by atomic mass is 9.70. The Labute approximate surface area is 262 Å². The van der Waals surface area contributed by atoms with Crippen LogP contribution in [-0.4, -0.2) is 6.61 Å². The van der Waals surface area contributed by atoms with Gasteiger partial charge < -0.3 is 4.74 Å². The molecule has 3 aromatic rings. The first-order chi connectivity index (χ1) is 21.5. The van der Waals surface area contributed by atoms with Crippen LogP contribution in [-0.2, 0) is 0 Å². The second-order valence-corrected chi connectivity index (χ2v) is 12.8. The number of unbranched alkanes of at least 4 members (excludes halogenated alkanes) is 2. The van der Waals surface area contributed by atoms with Gasteiger partial charge in [0.1, 0.15) is 5.82 Å². The second-order valence-electron chi connectivity index (χ2n) is 12.8. The average molecular weight is 601 g/mol. The zero-order valence-corrected chi connectivity index (χ0v) is 26.4. The monoisotopic (exact) mass is 600 g/mol. The van der Waals surface area contributed by atoms with Crippen LogP contribution in [0.5, 0.6) is 5.75 Å². The van der Waals surface area contributed by atoms with Gasteiger partial charge in [0.2, 0.25) is 5.82 Å². The van der Waals surface area contributed by atoms with Crippen molar-refractivity contribution in [2.45, 2.75) is 90.9 Å². The Hall–Kier alpha value is -3.27. The van der Waals surface area contributed by atoms with Gasteiger partial charge in [0.05, 0.1) is 6.61 Å². The zero-order valence-electron chi connectivity index (χ0n) is 26.4. The molecule has 1 nitrogen and oxygen atoms in total. The van der Waals surface area contributed by atoms with E-state index in [1.165, 1.54) is 63.5 Å². The van der Waals surface area contributed by atoms with E-state index in [1.807, 2.05) is 43.3 Å². The van der Waals surface area contributed by atoms with Crippen molar-refractivity contribution in [2.24, 2.45) is 17.8 Å².